The summed E-state index contributed by atoms with van der Waals surface area (Å²) in [6.45, 7) is 4.18. The van der Waals surface area contributed by atoms with Gasteiger partial charge in [0.1, 0.15) is 0 Å². The molecule has 1 amide bonds. The molecule has 0 bridgehead atoms. The number of rotatable bonds is 1. The normalized spacial score (nSPS) is 24.0. The van der Waals surface area contributed by atoms with Gasteiger partial charge in [-0.25, -0.2) is 0 Å². The predicted molar refractivity (Wildman–Crippen MR) is 94.4 cm³/mol. The zero-order chi connectivity index (χ0) is 15.7. The van der Waals surface area contributed by atoms with Crippen molar-refractivity contribution >= 4 is 52.1 Å². The van der Waals surface area contributed by atoms with E-state index < -0.39 is 0 Å². The van der Waals surface area contributed by atoms with E-state index in [4.69, 9.17) is 23.2 Å². The Labute approximate surface area is 144 Å². The van der Waals surface area contributed by atoms with Crippen molar-refractivity contribution in [2.75, 3.05) is 13.1 Å². The first-order valence-electron chi connectivity index (χ1n) is 7.25. The summed E-state index contributed by atoms with van der Waals surface area (Å²) >= 11 is 13.4. The summed E-state index contributed by atoms with van der Waals surface area (Å²) < 4.78 is 0. The second-order valence-electron chi connectivity index (χ2n) is 5.68. The fraction of sp³-hybridized carbons (Fsp3) is 0.375. The van der Waals surface area contributed by atoms with Crippen LogP contribution in [0, 0.1) is 5.92 Å². The van der Waals surface area contributed by atoms with E-state index in [0.29, 0.717) is 20.9 Å². The van der Waals surface area contributed by atoms with Crippen molar-refractivity contribution in [1.82, 2.24) is 4.90 Å². The Balaban J connectivity index is 1.76. The number of amides is 1. The summed E-state index contributed by atoms with van der Waals surface area (Å²) in [6, 6.07) is 5.33. The predicted octanol–water partition coefficient (Wildman–Crippen LogP) is 4.70. The van der Waals surface area contributed by atoms with Crippen LogP contribution in [0.3, 0.4) is 0 Å². The van der Waals surface area contributed by atoms with Crippen LogP contribution >= 0.6 is 35.0 Å². The third-order valence-electron chi connectivity index (χ3n) is 3.78. The highest BCUT2D eigenvalue weighted by molar-refractivity contribution is 8.18. The summed E-state index contributed by atoms with van der Waals surface area (Å²) in [7, 11) is 0. The van der Waals surface area contributed by atoms with E-state index >= 15 is 0 Å². The van der Waals surface area contributed by atoms with E-state index in [-0.39, 0.29) is 5.91 Å². The maximum absolute atomic E-state index is 12.1. The number of halogens is 2. The van der Waals surface area contributed by atoms with E-state index in [2.05, 4.69) is 16.8 Å². The Morgan fingerprint density at radius 2 is 2.18 bits per heavy atom. The van der Waals surface area contributed by atoms with Crippen molar-refractivity contribution in [3.05, 3.63) is 38.7 Å². The highest BCUT2D eigenvalue weighted by Crippen LogP contribution is 2.33. The van der Waals surface area contributed by atoms with Gasteiger partial charge >= 0.3 is 0 Å². The molecule has 0 N–H and O–H groups in total. The van der Waals surface area contributed by atoms with Crippen LogP contribution in [0.25, 0.3) is 6.08 Å². The highest BCUT2D eigenvalue weighted by Gasteiger charge is 2.28. The molecule has 6 heteroatoms. The van der Waals surface area contributed by atoms with Gasteiger partial charge in [-0.2, -0.15) is 4.99 Å². The molecular formula is C16H16Cl2N2OS. The second-order valence-corrected chi connectivity index (χ2v) is 7.50. The molecule has 1 unspecified atom stereocenters. The second kappa shape index (κ2) is 6.65. The molecule has 0 aliphatic carbocycles. The first-order valence-corrected chi connectivity index (χ1v) is 8.83. The average Bonchev–Trinajstić information content (AvgIpc) is 2.84. The largest absolute Gasteiger partial charge is 0.351 e. The van der Waals surface area contributed by atoms with Gasteiger partial charge in [-0.3, -0.25) is 4.79 Å². The molecule has 0 spiro atoms. The van der Waals surface area contributed by atoms with Gasteiger partial charge in [0, 0.05) is 13.1 Å². The molecule has 2 aliphatic heterocycles. The first-order chi connectivity index (χ1) is 10.5. The lowest BCUT2D eigenvalue weighted by Gasteiger charge is -2.31. The van der Waals surface area contributed by atoms with Gasteiger partial charge < -0.3 is 4.90 Å². The van der Waals surface area contributed by atoms with Crippen LogP contribution in [-0.4, -0.2) is 29.1 Å². The Kier molecular flexibility index (Phi) is 4.81. The van der Waals surface area contributed by atoms with Gasteiger partial charge in [0.05, 0.1) is 15.0 Å². The smallest absolute Gasteiger partial charge is 0.286 e. The SMILES string of the molecule is CC1CCCN(C2=NC(=O)/C(=C/c3ccc(Cl)c(Cl)c3)S2)C1. The minimum Gasteiger partial charge on any atom is -0.351 e. The minimum absolute atomic E-state index is 0.177. The molecule has 1 fully saturated rings. The van der Waals surface area contributed by atoms with Gasteiger partial charge in [-0.15, -0.1) is 0 Å². The van der Waals surface area contributed by atoms with Crippen LogP contribution in [0.5, 0.6) is 0 Å². The fourth-order valence-electron chi connectivity index (χ4n) is 2.65. The number of carbonyl (C=O) groups is 1. The lowest BCUT2D eigenvalue weighted by molar-refractivity contribution is -0.113. The molecule has 0 saturated carbocycles. The molecule has 1 saturated heterocycles. The molecule has 2 aliphatic rings. The van der Waals surface area contributed by atoms with Crippen LogP contribution in [0.15, 0.2) is 28.1 Å². The fourth-order valence-corrected chi connectivity index (χ4v) is 3.90. The Morgan fingerprint density at radius 1 is 1.36 bits per heavy atom. The summed E-state index contributed by atoms with van der Waals surface area (Å²) in [5.74, 6) is 0.472. The monoisotopic (exact) mass is 354 g/mol. The molecule has 0 aromatic heterocycles. The van der Waals surface area contributed by atoms with Crippen LogP contribution < -0.4 is 0 Å². The average molecular weight is 355 g/mol. The quantitative estimate of drug-likeness (QED) is 0.685. The summed E-state index contributed by atoms with van der Waals surface area (Å²) in [6.07, 6.45) is 4.22. The number of aliphatic imine (C=N–C) groups is 1. The number of amidine groups is 1. The van der Waals surface area contributed by atoms with Crippen molar-refractivity contribution in [1.29, 1.82) is 0 Å². The van der Waals surface area contributed by atoms with Gasteiger partial charge in [0.2, 0.25) is 0 Å². The summed E-state index contributed by atoms with van der Waals surface area (Å²) in [5, 5.41) is 1.81. The molecule has 3 rings (SSSR count). The van der Waals surface area contributed by atoms with Gasteiger partial charge in [0.15, 0.2) is 5.17 Å². The molecular weight excluding hydrogens is 339 g/mol. The molecule has 1 atom stereocenters. The molecule has 2 heterocycles. The van der Waals surface area contributed by atoms with Crippen molar-refractivity contribution in [3.8, 4) is 0 Å². The van der Waals surface area contributed by atoms with Gasteiger partial charge in [0.25, 0.3) is 5.91 Å². The standard InChI is InChI=1S/C16H16Cl2N2OS/c1-10-3-2-6-20(9-10)16-19-15(21)14(22-16)8-11-4-5-12(17)13(18)7-11/h4-5,7-8,10H,2-3,6,9H2,1H3/b14-8-. The third kappa shape index (κ3) is 3.50. The zero-order valence-electron chi connectivity index (χ0n) is 12.2. The van der Waals surface area contributed by atoms with Crippen LogP contribution in [-0.2, 0) is 4.79 Å². The number of hydrogen-bond donors (Lipinski definition) is 0. The highest BCUT2D eigenvalue weighted by atomic mass is 35.5. The number of piperidine rings is 1. The number of likely N-dealkylation sites (tertiary alicyclic amines) is 1. The van der Waals surface area contributed by atoms with E-state index in [1.807, 2.05) is 12.1 Å². The number of benzene rings is 1. The van der Waals surface area contributed by atoms with Gasteiger partial charge in [-0.1, -0.05) is 36.2 Å². The van der Waals surface area contributed by atoms with Crippen LogP contribution in [0.4, 0.5) is 0 Å². The molecule has 1 aromatic rings. The van der Waals surface area contributed by atoms with Crippen molar-refractivity contribution in [2.24, 2.45) is 10.9 Å². The molecule has 22 heavy (non-hydrogen) atoms. The van der Waals surface area contributed by atoms with Crippen molar-refractivity contribution < 1.29 is 4.79 Å². The molecule has 1 aromatic carbocycles. The van der Waals surface area contributed by atoms with Crippen LogP contribution in [0.1, 0.15) is 25.3 Å². The molecule has 116 valence electrons. The van der Waals surface area contributed by atoms with E-state index in [1.165, 1.54) is 18.2 Å². The first kappa shape index (κ1) is 15.9. The Bertz CT molecular complexity index is 672. The van der Waals surface area contributed by atoms with E-state index in [1.54, 1.807) is 12.1 Å². The van der Waals surface area contributed by atoms with Crippen LogP contribution in [0.2, 0.25) is 10.0 Å². The molecule has 3 nitrogen and oxygen atoms in total. The lowest BCUT2D eigenvalue weighted by atomic mass is 10.0. The number of carbonyl (C=O) groups excluding carboxylic acids is 1. The number of hydrogen-bond acceptors (Lipinski definition) is 3. The van der Waals surface area contributed by atoms with Crippen molar-refractivity contribution in [2.45, 2.75) is 19.8 Å². The number of nitrogens with zero attached hydrogens (tertiary/aromatic N) is 2. The van der Waals surface area contributed by atoms with Gasteiger partial charge in [-0.05, 0) is 54.3 Å². The Morgan fingerprint density at radius 3 is 2.91 bits per heavy atom. The zero-order valence-corrected chi connectivity index (χ0v) is 14.5. The third-order valence-corrected chi connectivity index (χ3v) is 5.56. The summed E-state index contributed by atoms with van der Waals surface area (Å²) in [5.41, 5.74) is 0.855. The molecule has 0 radical (unpaired) electrons. The van der Waals surface area contributed by atoms with E-state index in [9.17, 15) is 4.79 Å². The summed E-state index contributed by atoms with van der Waals surface area (Å²) in [4.78, 5) is 19.2. The Hall–Kier alpha value is -0.970. The maximum Gasteiger partial charge on any atom is 0.286 e. The number of thioether (sulfide) groups is 1. The topological polar surface area (TPSA) is 32.7 Å². The maximum atomic E-state index is 12.1. The van der Waals surface area contributed by atoms with Crippen molar-refractivity contribution in [3.63, 3.8) is 0 Å². The minimum atomic E-state index is -0.177. The lowest BCUT2D eigenvalue weighted by Crippen LogP contribution is -2.37. The van der Waals surface area contributed by atoms with E-state index in [0.717, 1.165) is 30.2 Å².